The Morgan fingerprint density at radius 3 is 2.41 bits per heavy atom. The number of hydrogen-bond acceptors (Lipinski definition) is 2. The Labute approximate surface area is 141 Å². The summed E-state index contributed by atoms with van der Waals surface area (Å²) in [5.41, 5.74) is 0.473. The summed E-state index contributed by atoms with van der Waals surface area (Å²) in [5, 5.41) is 6.24. The van der Waals surface area contributed by atoms with E-state index in [4.69, 9.17) is 23.2 Å². The van der Waals surface area contributed by atoms with E-state index in [-0.39, 0.29) is 30.9 Å². The van der Waals surface area contributed by atoms with Crippen LogP contribution in [0.15, 0.2) is 18.2 Å². The van der Waals surface area contributed by atoms with Gasteiger partial charge in [0.1, 0.15) is 0 Å². The van der Waals surface area contributed by atoms with Crippen LogP contribution >= 0.6 is 23.2 Å². The van der Waals surface area contributed by atoms with Crippen LogP contribution in [0.4, 0.5) is 5.69 Å². The summed E-state index contributed by atoms with van der Waals surface area (Å²) in [7, 11) is 0. The molecule has 1 unspecified atom stereocenters. The first-order chi connectivity index (χ1) is 10.3. The van der Waals surface area contributed by atoms with Crippen molar-refractivity contribution in [2.24, 2.45) is 0 Å². The minimum Gasteiger partial charge on any atom is -0.349 e. The molecule has 0 heterocycles. The number of rotatable bonds is 7. The van der Waals surface area contributed by atoms with Gasteiger partial charge in [-0.1, -0.05) is 29.3 Å². The fourth-order valence-corrected chi connectivity index (χ4v) is 2.28. The molecule has 0 saturated carbocycles. The van der Waals surface area contributed by atoms with E-state index in [2.05, 4.69) is 10.6 Å². The van der Waals surface area contributed by atoms with Crippen molar-refractivity contribution in [3.63, 3.8) is 0 Å². The minimum atomic E-state index is -0.210. The third kappa shape index (κ3) is 6.22. The van der Waals surface area contributed by atoms with Gasteiger partial charge in [-0.15, -0.1) is 0 Å². The lowest BCUT2D eigenvalue weighted by atomic mass is 10.3. The number of likely N-dealkylation sites (N-methyl/N-ethyl adjacent to an activating group) is 1. The summed E-state index contributed by atoms with van der Waals surface area (Å²) in [5.74, 6) is -0.279. The van der Waals surface area contributed by atoms with Crippen molar-refractivity contribution in [1.29, 1.82) is 0 Å². The average Bonchev–Trinajstić information content (AvgIpc) is 2.42. The number of carbonyl (C=O) groups is 2. The van der Waals surface area contributed by atoms with Crippen molar-refractivity contribution in [3.8, 4) is 0 Å². The average molecular weight is 347 g/mol. The summed E-state index contributed by atoms with van der Waals surface area (Å²) in [6.45, 7) is 6.84. The van der Waals surface area contributed by atoms with Crippen LogP contribution in [0.5, 0.6) is 0 Å². The monoisotopic (exact) mass is 346 g/mol. The predicted octanol–water partition coefficient (Wildman–Crippen LogP) is 1.36. The highest BCUT2D eigenvalue weighted by atomic mass is 35.5. The van der Waals surface area contributed by atoms with Crippen LogP contribution in [0.25, 0.3) is 0 Å². The normalized spacial score (nSPS) is 12.1. The van der Waals surface area contributed by atoms with Gasteiger partial charge in [0, 0.05) is 6.04 Å². The van der Waals surface area contributed by atoms with Crippen LogP contribution in [0.2, 0.25) is 10.0 Å². The lowest BCUT2D eigenvalue weighted by Crippen LogP contribution is -3.14. The molecule has 1 atom stereocenters. The molecule has 1 rings (SSSR count). The molecule has 1 aromatic carbocycles. The fourth-order valence-electron chi connectivity index (χ4n) is 1.93. The molecule has 22 heavy (non-hydrogen) atoms. The number of quaternary nitrogens is 1. The van der Waals surface area contributed by atoms with E-state index in [9.17, 15) is 9.59 Å². The van der Waals surface area contributed by atoms with Crippen molar-refractivity contribution >= 4 is 40.7 Å². The fraction of sp³-hybridized carbons (Fsp3) is 0.467. The van der Waals surface area contributed by atoms with Crippen LogP contribution in [0, 0.1) is 0 Å². The molecule has 0 bridgehead atoms. The molecule has 0 saturated heterocycles. The number of nitrogens with one attached hydrogen (secondary N) is 3. The van der Waals surface area contributed by atoms with Crippen molar-refractivity contribution < 1.29 is 14.5 Å². The van der Waals surface area contributed by atoms with Crippen molar-refractivity contribution in [2.45, 2.75) is 26.8 Å². The molecule has 0 spiro atoms. The van der Waals surface area contributed by atoms with Gasteiger partial charge in [-0.25, -0.2) is 0 Å². The van der Waals surface area contributed by atoms with Crippen LogP contribution in [-0.4, -0.2) is 37.5 Å². The second-order valence-electron chi connectivity index (χ2n) is 5.33. The largest absolute Gasteiger partial charge is 0.349 e. The molecule has 3 N–H and O–H groups in total. The Bertz CT molecular complexity index is 536. The lowest BCUT2D eigenvalue weighted by molar-refractivity contribution is -0.881. The number of carbonyl (C=O) groups excluding carboxylic acids is 2. The highest BCUT2D eigenvalue weighted by molar-refractivity contribution is 6.43. The van der Waals surface area contributed by atoms with Gasteiger partial charge in [0.25, 0.3) is 11.8 Å². The molecule has 0 aliphatic heterocycles. The molecule has 0 radical (unpaired) electrons. The standard InChI is InChI=1S/C15H21Cl2N3O2/c1-4-20(8-13(21)18-10(2)3)9-14(22)19-12-7-5-6-11(16)15(12)17/h5-7,10H,4,8-9H2,1-3H3,(H,18,21)(H,19,22)/p+1. The SMILES string of the molecule is CC[NH+](CC(=O)Nc1cccc(Cl)c1Cl)CC(=O)NC(C)C. The first-order valence-electron chi connectivity index (χ1n) is 7.20. The Kier molecular flexibility index (Phi) is 7.65. The van der Waals surface area contributed by atoms with E-state index >= 15 is 0 Å². The van der Waals surface area contributed by atoms with Gasteiger partial charge in [-0.3, -0.25) is 9.59 Å². The molecule has 5 nitrogen and oxygen atoms in total. The van der Waals surface area contributed by atoms with Crippen LogP contribution < -0.4 is 15.5 Å². The van der Waals surface area contributed by atoms with E-state index in [1.54, 1.807) is 18.2 Å². The molecule has 2 amide bonds. The number of anilines is 1. The quantitative estimate of drug-likeness (QED) is 0.698. The Morgan fingerprint density at radius 2 is 1.82 bits per heavy atom. The molecule has 0 fully saturated rings. The first kappa shape index (κ1) is 18.7. The van der Waals surface area contributed by atoms with Crippen molar-refractivity contribution in [2.75, 3.05) is 25.0 Å². The number of hydrogen-bond donors (Lipinski definition) is 3. The van der Waals surface area contributed by atoms with E-state index in [1.165, 1.54) is 0 Å². The lowest BCUT2D eigenvalue weighted by Gasteiger charge is -2.18. The zero-order valence-electron chi connectivity index (χ0n) is 13.0. The molecule has 0 aliphatic rings. The summed E-state index contributed by atoms with van der Waals surface area (Å²) in [6.07, 6.45) is 0. The number of halogens is 2. The Morgan fingerprint density at radius 1 is 1.18 bits per heavy atom. The van der Waals surface area contributed by atoms with Crippen LogP contribution in [0.3, 0.4) is 0 Å². The van der Waals surface area contributed by atoms with E-state index in [0.29, 0.717) is 22.3 Å². The zero-order chi connectivity index (χ0) is 16.7. The maximum Gasteiger partial charge on any atom is 0.279 e. The van der Waals surface area contributed by atoms with Crippen molar-refractivity contribution in [1.82, 2.24) is 5.32 Å². The van der Waals surface area contributed by atoms with Gasteiger partial charge in [0.05, 0.1) is 22.3 Å². The van der Waals surface area contributed by atoms with Crippen LogP contribution in [-0.2, 0) is 9.59 Å². The molecule has 1 aromatic rings. The number of amides is 2. The second-order valence-corrected chi connectivity index (χ2v) is 6.11. The van der Waals surface area contributed by atoms with Gasteiger partial charge in [0.2, 0.25) is 0 Å². The summed E-state index contributed by atoms with van der Waals surface area (Å²) >= 11 is 11.9. The first-order valence-corrected chi connectivity index (χ1v) is 7.95. The van der Waals surface area contributed by atoms with Gasteiger partial charge in [-0.05, 0) is 32.9 Å². The topological polar surface area (TPSA) is 62.6 Å². The molecule has 0 aromatic heterocycles. The maximum atomic E-state index is 12.1. The third-order valence-electron chi connectivity index (χ3n) is 3.00. The van der Waals surface area contributed by atoms with Crippen LogP contribution in [0.1, 0.15) is 20.8 Å². The second kappa shape index (κ2) is 8.98. The van der Waals surface area contributed by atoms with E-state index in [1.807, 2.05) is 20.8 Å². The van der Waals surface area contributed by atoms with Gasteiger partial charge in [0.15, 0.2) is 13.1 Å². The number of benzene rings is 1. The predicted molar refractivity (Wildman–Crippen MR) is 89.6 cm³/mol. The minimum absolute atomic E-state index is 0.0690. The van der Waals surface area contributed by atoms with E-state index < -0.39 is 0 Å². The third-order valence-corrected chi connectivity index (χ3v) is 3.82. The molecule has 7 heteroatoms. The summed E-state index contributed by atoms with van der Waals surface area (Å²) in [4.78, 5) is 24.7. The summed E-state index contributed by atoms with van der Waals surface area (Å²) < 4.78 is 0. The van der Waals surface area contributed by atoms with E-state index in [0.717, 1.165) is 4.90 Å². The van der Waals surface area contributed by atoms with Crippen molar-refractivity contribution in [3.05, 3.63) is 28.2 Å². The Hall–Kier alpha value is -1.30. The smallest absolute Gasteiger partial charge is 0.279 e. The summed E-state index contributed by atoms with van der Waals surface area (Å²) in [6, 6.07) is 5.14. The molecule has 0 aliphatic carbocycles. The maximum absolute atomic E-state index is 12.1. The van der Waals surface area contributed by atoms with Gasteiger partial charge >= 0.3 is 0 Å². The molecular weight excluding hydrogens is 325 g/mol. The van der Waals surface area contributed by atoms with Gasteiger partial charge < -0.3 is 15.5 Å². The van der Waals surface area contributed by atoms with Gasteiger partial charge in [-0.2, -0.15) is 0 Å². The highest BCUT2D eigenvalue weighted by Gasteiger charge is 2.18. The molecular formula is C15H22Cl2N3O2+. The zero-order valence-corrected chi connectivity index (χ0v) is 14.5. The molecule has 122 valence electrons. The Balaban J connectivity index is 2.58. The highest BCUT2D eigenvalue weighted by Crippen LogP contribution is 2.29.